The van der Waals surface area contributed by atoms with Crippen LogP contribution in [0.2, 0.25) is 0 Å². The highest BCUT2D eigenvalue weighted by Crippen LogP contribution is 2.42. The molecule has 0 bridgehead atoms. The van der Waals surface area contributed by atoms with Gasteiger partial charge in [0.2, 0.25) is 0 Å². The molecule has 0 saturated carbocycles. The number of rotatable bonds is 5. The predicted octanol–water partition coefficient (Wildman–Crippen LogP) is 3.95. The summed E-state index contributed by atoms with van der Waals surface area (Å²) in [6.07, 6.45) is 2.76. The molecule has 1 aromatic carbocycles. The molecule has 122 valence electrons. The number of benzene rings is 1. The molecule has 3 rings (SSSR count). The van der Waals surface area contributed by atoms with Gasteiger partial charge in [-0.15, -0.1) is 0 Å². The van der Waals surface area contributed by atoms with Crippen molar-refractivity contribution in [2.24, 2.45) is 11.7 Å². The molecule has 1 aliphatic rings. The molecule has 0 saturated heterocycles. The Morgan fingerprint density at radius 2 is 2.13 bits per heavy atom. The maximum absolute atomic E-state index is 6.08. The van der Waals surface area contributed by atoms with Gasteiger partial charge in [-0.1, -0.05) is 19.9 Å². The quantitative estimate of drug-likeness (QED) is 0.908. The van der Waals surface area contributed by atoms with E-state index in [-0.39, 0.29) is 12.1 Å². The fourth-order valence-electron chi connectivity index (χ4n) is 2.99. The van der Waals surface area contributed by atoms with Gasteiger partial charge in [-0.3, -0.25) is 4.98 Å². The van der Waals surface area contributed by atoms with Gasteiger partial charge in [-0.25, -0.2) is 0 Å². The van der Waals surface area contributed by atoms with E-state index in [0.717, 1.165) is 34.7 Å². The smallest absolute Gasteiger partial charge is 0.133 e. The normalized spacial score (nSPS) is 17.2. The fourth-order valence-corrected chi connectivity index (χ4v) is 2.99. The SMILES string of the molecule is CC(C)C[C@H](N)COc1ccc2c(c1)OC(C)c1cccnc1-2. The zero-order valence-corrected chi connectivity index (χ0v) is 14.0. The minimum atomic E-state index is -0.00959. The maximum atomic E-state index is 6.08. The molecule has 4 nitrogen and oxygen atoms in total. The van der Waals surface area contributed by atoms with E-state index in [1.807, 2.05) is 37.4 Å². The second-order valence-corrected chi connectivity index (χ2v) is 6.56. The summed E-state index contributed by atoms with van der Waals surface area (Å²) in [4.78, 5) is 4.51. The lowest BCUT2D eigenvalue weighted by Gasteiger charge is -2.26. The summed E-state index contributed by atoms with van der Waals surface area (Å²) in [5, 5.41) is 0. The first-order valence-corrected chi connectivity index (χ1v) is 8.19. The highest BCUT2D eigenvalue weighted by Gasteiger charge is 2.24. The summed E-state index contributed by atoms with van der Waals surface area (Å²) in [5.41, 5.74) is 9.20. The Morgan fingerprint density at radius 3 is 2.91 bits per heavy atom. The molecule has 0 radical (unpaired) electrons. The van der Waals surface area contributed by atoms with Crippen LogP contribution in [0.15, 0.2) is 36.5 Å². The summed E-state index contributed by atoms with van der Waals surface area (Å²) in [6, 6.07) is 9.96. The van der Waals surface area contributed by atoms with E-state index in [1.165, 1.54) is 0 Å². The van der Waals surface area contributed by atoms with Crippen molar-refractivity contribution in [3.8, 4) is 22.8 Å². The van der Waals surface area contributed by atoms with Gasteiger partial charge in [0.1, 0.15) is 24.2 Å². The van der Waals surface area contributed by atoms with Gasteiger partial charge in [0.05, 0.1) is 5.69 Å². The Kier molecular flexibility index (Phi) is 4.53. The Labute approximate surface area is 137 Å². The summed E-state index contributed by atoms with van der Waals surface area (Å²) in [6.45, 7) is 6.88. The van der Waals surface area contributed by atoms with Crippen LogP contribution in [-0.4, -0.2) is 17.6 Å². The second kappa shape index (κ2) is 6.59. The van der Waals surface area contributed by atoms with Crippen molar-refractivity contribution in [2.75, 3.05) is 6.61 Å². The van der Waals surface area contributed by atoms with E-state index in [0.29, 0.717) is 12.5 Å². The first-order valence-electron chi connectivity index (χ1n) is 8.19. The number of aromatic nitrogens is 1. The van der Waals surface area contributed by atoms with Crippen LogP contribution in [0.5, 0.6) is 11.5 Å². The third-order valence-corrected chi connectivity index (χ3v) is 4.03. The van der Waals surface area contributed by atoms with E-state index >= 15 is 0 Å². The first-order chi connectivity index (χ1) is 11.0. The van der Waals surface area contributed by atoms with Gasteiger partial charge < -0.3 is 15.2 Å². The molecule has 2 aromatic rings. The third kappa shape index (κ3) is 3.48. The molecular weight excluding hydrogens is 288 g/mol. The van der Waals surface area contributed by atoms with Crippen molar-refractivity contribution in [1.82, 2.24) is 4.98 Å². The van der Waals surface area contributed by atoms with Crippen LogP contribution in [0.1, 0.15) is 38.9 Å². The van der Waals surface area contributed by atoms with Crippen LogP contribution in [0.3, 0.4) is 0 Å². The Hall–Kier alpha value is -2.07. The van der Waals surface area contributed by atoms with Crippen molar-refractivity contribution >= 4 is 0 Å². The average molecular weight is 312 g/mol. The number of ether oxygens (including phenoxy) is 2. The van der Waals surface area contributed by atoms with Gasteiger partial charge in [0.25, 0.3) is 0 Å². The van der Waals surface area contributed by atoms with Crippen molar-refractivity contribution in [2.45, 2.75) is 39.3 Å². The number of hydrogen-bond acceptors (Lipinski definition) is 4. The van der Waals surface area contributed by atoms with Crippen LogP contribution < -0.4 is 15.2 Å². The highest BCUT2D eigenvalue weighted by atomic mass is 16.5. The van der Waals surface area contributed by atoms with E-state index in [1.54, 1.807) is 0 Å². The first kappa shape index (κ1) is 15.8. The summed E-state index contributed by atoms with van der Waals surface area (Å²) in [7, 11) is 0. The van der Waals surface area contributed by atoms with Gasteiger partial charge in [-0.05, 0) is 37.5 Å². The van der Waals surface area contributed by atoms with E-state index in [2.05, 4.69) is 24.9 Å². The molecule has 2 heterocycles. The summed E-state index contributed by atoms with van der Waals surface area (Å²) in [5.74, 6) is 2.18. The van der Waals surface area contributed by atoms with Crippen molar-refractivity contribution in [1.29, 1.82) is 0 Å². The predicted molar refractivity (Wildman–Crippen MR) is 91.6 cm³/mol. The Morgan fingerprint density at radius 1 is 1.30 bits per heavy atom. The minimum Gasteiger partial charge on any atom is -0.492 e. The van der Waals surface area contributed by atoms with E-state index < -0.39 is 0 Å². The Balaban J connectivity index is 1.78. The standard InChI is InChI=1S/C19H24N2O2/c1-12(2)9-14(20)11-22-15-6-7-17-18(10-15)23-13(3)16-5-4-8-21-19(16)17/h4-8,10,12-14H,9,11,20H2,1-3H3/t13?,14-/m0/s1. The van der Waals surface area contributed by atoms with Crippen molar-refractivity contribution < 1.29 is 9.47 Å². The summed E-state index contributed by atoms with van der Waals surface area (Å²) < 4.78 is 11.9. The van der Waals surface area contributed by atoms with Crippen LogP contribution in [0, 0.1) is 5.92 Å². The van der Waals surface area contributed by atoms with E-state index in [9.17, 15) is 0 Å². The molecule has 1 unspecified atom stereocenters. The highest BCUT2D eigenvalue weighted by molar-refractivity contribution is 5.73. The molecule has 23 heavy (non-hydrogen) atoms. The number of fused-ring (bicyclic) bond motifs is 3. The number of pyridine rings is 1. The van der Waals surface area contributed by atoms with Crippen LogP contribution >= 0.6 is 0 Å². The molecule has 0 spiro atoms. The van der Waals surface area contributed by atoms with Gasteiger partial charge in [0, 0.05) is 29.4 Å². The molecular formula is C19H24N2O2. The molecule has 0 aliphatic carbocycles. The largest absolute Gasteiger partial charge is 0.492 e. The monoisotopic (exact) mass is 312 g/mol. The van der Waals surface area contributed by atoms with Gasteiger partial charge in [0.15, 0.2) is 0 Å². The average Bonchev–Trinajstić information content (AvgIpc) is 2.52. The third-order valence-electron chi connectivity index (χ3n) is 4.03. The lowest BCUT2D eigenvalue weighted by Crippen LogP contribution is -2.29. The fraction of sp³-hybridized carbons (Fsp3) is 0.421. The Bertz CT molecular complexity index is 685. The second-order valence-electron chi connectivity index (χ2n) is 6.56. The lowest BCUT2D eigenvalue weighted by atomic mass is 9.98. The number of nitrogens with zero attached hydrogens (tertiary/aromatic N) is 1. The molecule has 0 amide bonds. The maximum Gasteiger partial charge on any atom is 0.133 e. The minimum absolute atomic E-state index is 0.00959. The summed E-state index contributed by atoms with van der Waals surface area (Å²) >= 11 is 0. The molecule has 2 atom stereocenters. The van der Waals surface area contributed by atoms with Gasteiger partial charge in [-0.2, -0.15) is 0 Å². The number of nitrogens with two attached hydrogens (primary N) is 1. The molecule has 0 fully saturated rings. The molecule has 1 aromatic heterocycles. The van der Waals surface area contributed by atoms with Crippen molar-refractivity contribution in [3.63, 3.8) is 0 Å². The van der Waals surface area contributed by atoms with E-state index in [4.69, 9.17) is 15.2 Å². The topological polar surface area (TPSA) is 57.4 Å². The van der Waals surface area contributed by atoms with Crippen LogP contribution in [0.4, 0.5) is 0 Å². The zero-order chi connectivity index (χ0) is 16.4. The molecule has 2 N–H and O–H groups in total. The lowest BCUT2D eigenvalue weighted by molar-refractivity contribution is 0.219. The van der Waals surface area contributed by atoms with Crippen molar-refractivity contribution in [3.05, 3.63) is 42.1 Å². The number of hydrogen-bond donors (Lipinski definition) is 1. The van der Waals surface area contributed by atoms with Crippen LogP contribution in [0.25, 0.3) is 11.3 Å². The van der Waals surface area contributed by atoms with Gasteiger partial charge >= 0.3 is 0 Å². The van der Waals surface area contributed by atoms with Crippen LogP contribution in [-0.2, 0) is 0 Å². The molecule has 4 heteroatoms. The zero-order valence-electron chi connectivity index (χ0n) is 14.0. The molecule has 1 aliphatic heterocycles.